The number of nitrogens with zero attached hydrogens (tertiary/aromatic N) is 3. The monoisotopic (exact) mass is 349 g/mol. The van der Waals surface area contributed by atoms with Crippen LogP contribution in [0.15, 0.2) is 42.9 Å². The lowest BCUT2D eigenvalue weighted by atomic mass is 9.85. The Morgan fingerprint density at radius 2 is 1.73 bits per heavy atom. The van der Waals surface area contributed by atoms with Crippen molar-refractivity contribution in [2.24, 2.45) is 5.41 Å². The molecule has 0 saturated heterocycles. The normalized spacial score (nSPS) is 11.7. The fraction of sp³-hybridized carbons (Fsp3) is 0.381. The first-order chi connectivity index (χ1) is 12.4. The summed E-state index contributed by atoms with van der Waals surface area (Å²) in [6, 6.07) is 8.43. The Kier molecular flexibility index (Phi) is 5.35. The molecule has 3 rings (SSSR count). The number of rotatable bonds is 7. The largest absolute Gasteiger partial charge is 0.382 e. The van der Waals surface area contributed by atoms with E-state index in [0.717, 1.165) is 42.8 Å². The van der Waals surface area contributed by atoms with Crippen molar-refractivity contribution in [2.45, 2.75) is 46.5 Å². The van der Waals surface area contributed by atoms with Crippen LogP contribution in [0.4, 0.5) is 5.82 Å². The molecular weight excluding hydrogens is 322 g/mol. The SMILES string of the molecule is CCC(C)(C)Cc1cnc(CCc2ccc(-c3cnc(N)cn3)cc2)[nH]1. The molecule has 3 aromatic rings. The van der Waals surface area contributed by atoms with Crippen LogP contribution in [0.25, 0.3) is 11.3 Å². The van der Waals surface area contributed by atoms with Crippen molar-refractivity contribution in [3.05, 3.63) is 59.9 Å². The maximum Gasteiger partial charge on any atom is 0.141 e. The number of nitrogens with two attached hydrogens (primary N) is 1. The van der Waals surface area contributed by atoms with E-state index >= 15 is 0 Å². The smallest absolute Gasteiger partial charge is 0.141 e. The number of nitrogen functional groups attached to an aromatic ring is 1. The van der Waals surface area contributed by atoms with Crippen LogP contribution in [0.1, 0.15) is 44.3 Å². The Hall–Kier alpha value is -2.69. The zero-order chi connectivity index (χ0) is 18.6. The minimum Gasteiger partial charge on any atom is -0.382 e. The molecule has 0 fully saturated rings. The van der Waals surface area contributed by atoms with Gasteiger partial charge in [0.15, 0.2) is 0 Å². The first kappa shape index (κ1) is 18.1. The molecule has 2 heterocycles. The van der Waals surface area contributed by atoms with Crippen molar-refractivity contribution >= 4 is 5.82 Å². The van der Waals surface area contributed by atoms with E-state index in [1.54, 1.807) is 12.4 Å². The molecule has 0 spiro atoms. The first-order valence-corrected chi connectivity index (χ1v) is 9.15. The lowest BCUT2D eigenvalue weighted by Crippen LogP contribution is -2.13. The molecule has 5 nitrogen and oxygen atoms in total. The summed E-state index contributed by atoms with van der Waals surface area (Å²) in [5.74, 6) is 1.49. The van der Waals surface area contributed by atoms with Gasteiger partial charge in [0, 0.05) is 23.9 Å². The zero-order valence-electron chi connectivity index (χ0n) is 15.8. The molecule has 0 radical (unpaired) electrons. The van der Waals surface area contributed by atoms with Gasteiger partial charge in [0.2, 0.25) is 0 Å². The van der Waals surface area contributed by atoms with Crippen LogP contribution in [0.2, 0.25) is 0 Å². The molecule has 1 aromatic carbocycles. The fourth-order valence-electron chi connectivity index (χ4n) is 2.86. The second-order valence-electron chi connectivity index (χ2n) is 7.57. The number of benzene rings is 1. The predicted molar refractivity (Wildman–Crippen MR) is 106 cm³/mol. The number of aromatic nitrogens is 4. The number of hydrogen-bond acceptors (Lipinski definition) is 4. The van der Waals surface area contributed by atoms with Gasteiger partial charge in [0.1, 0.15) is 11.6 Å². The van der Waals surface area contributed by atoms with Crippen molar-refractivity contribution in [1.82, 2.24) is 19.9 Å². The summed E-state index contributed by atoms with van der Waals surface area (Å²) in [5.41, 5.74) is 10.3. The molecule has 5 heteroatoms. The third kappa shape index (κ3) is 4.69. The van der Waals surface area contributed by atoms with Gasteiger partial charge >= 0.3 is 0 Å². The van der Waals surface area contributed by atoms with Gasteiger partial charge in [-0.25, -0.2) is 9.97 Å². The summed E-state index contributed by atoms with van der Waals surface area (Å²) in [6.07, 6.45) is 9.32. The highest BCUT2D eigenvalue weighted by molar-refractivity contribution is 5.58. The topological polar surface area (TPSA) is 80.5 Å². The highest BCUT2D eigenvalue weighted by atomic mass is 14.9. The van der Waals surface area contributed by atoms with Crippen LogP contribution in [0.5, 0.6) is 0 Å². The summed E-state index contributed by atoms with van der Waals surface area (Å²) >= 11 is 0. The Balaban J connectivity index is 1.58. The van der Waals surface area contributed by atoms with Crippen molar-refractivity contribution in [1.29, 1.82) is 0 Å². The molecule has 0 saturated carbocycles. The van der Waals surface area contributed by atoms with Gasteiger partial charge in [-0.05, 0) is 23.8 Å². The molecule has 0 aliphatic heterocycles. The average Bonchev–Trinajstić information content (AvgIpc) is 3.08. The van der Waals surface area contributed by atoms with E-state index in [4.69, 9.17) is 5.73 Å². The Morgan fingerprint density at radius 1 is 0.962 bits per heavy atom. The molecule has 136 valence electrons. The van der Waals surface area contributed by atoms with Crippen LogP contribution in [-0.2, 0) is 19.3 Å². The average molecular weight is 349 g/mol. The third-order valence-corrected chi connectivity index (χ3v) is 4.88. The van der Waals surface area contributed by atoms with Crippen LogP contribution in [0.3, 0.4) is 0 Å². The predicted octanol–water partition coefficient (Wildman–Crippen LogP) is 4.21. The first-order valence-electron chi connectivity index (χ1n) is 9.15. The highest BCUT2D eigenvalue weighted by Crippen LogP contribution is 2.24. The molecule has 0 atom stereocenters. The van der Waals surface area contributed by atoms with E-state index in [9.17, 15) is 0 Å². The summed E-state index contributed by atoms with van der Waals surface area (Å²) < 4.78 is 0. The number of aryl methyl sites for hydroxylation is 2. The minimum absolute atomic E-state index is 0.310. The molecule has 3 N–H and O–H groups in total. The van der Waals surface area contributed by atoms with Crippen molar-refractivity contribution < 1.29 is 0 Å². The molecule has 0 aliphatic rings. The van der Waals surface area contributed by atoms with Crippen molar-refractivity contribution in [2.75, 3.05) is 5.73 Å². The third-order valence-electron chi connectivity index (χ3n) is 4.88. The van der Waals surface area contributed by atoms with E-state index in [1.807, 2.05) is 6.20 Å². The van der Waals surface area contributed by atoms with Crippen LogP contribution in [-0.4, -0.2) is 19.9 Å². The summed E-state index contributed by atoms with van der Waals surface area (Å²) in [5, 5.41) is 0. The quantitative estimate of drug-likeness (QED) is 0.669. The maximum atomic E-state index is 5.58. The molecule has 2 aromatic heterocycles. The van der Waals surface area contributed by atoms with Gasteiger partial charge in [0.05, 0.1) is 18.1 Å². The van der Waals surface area contributed by atoms with Crippen LogP contribution < -0.4 is 5.73 Å². The van der Waals surface area contributed by atoms with E-state index in [-0.39, 0.29) is 0 Å². The van der Waals surface area contributed by atoms with Crippen molar-refractivity contribution in [3.63, 3.8) is 0 Å². The second kappa shape index (κ2) is 7.68. The number of imidazole rings is 1. The summed E-state index contributed by atoms with van der Waals surface area (Å²) in [7, 11) is 0. The lowest BCUT2D eigenvalue weighted by Gasteiger charge is -2.21. The fourth-order valence-corrected chi connectivity index (χ4v) is 2.86. The van der Waals surface area contributed by atoms with Gasteiger partial charge in [-0.2, -0.15) is 0 Å². The van der Waals surface area contributed by atoms with E-state index in [1.165, 1.54) is 11.3 Å². The lowest BCUT2D eigenvalue weighted by molar-refractivity contribution is 0.346. The Labute approximate surface area is 155 Å². The van der Waals surface area contributed by atoms with Gasteiger partial charge in [-0.15, -0.1) is 0 Å². The van der Waals surface area contributed by atoms with Crippen molar-refractivity contribution in [3.8, 4) is 11.3 Å². The Morgan fingerprint density at radius 3 is 2.38 bits per heavy atom. The summed E-state index contributed by atoms with van der Waals surface area (Å²) in [6.45, 7) is 6.82. The van der Waals surface area contributed by atoms with Gasteiger partial charge < -0.3 is 10.7 Å². The second-order valence-corrected chi connectivity index (χ2v) is 7.57. The molecule has 0 bridgehead atoms. The van der Waals surface area contributed by atoms with Crippen LogP contribution in [0, 0.1) is 5.41 Å². The maximum absolute atomic E-state index is 5.58. The molecule has 0 amide bonds. The molecule has 0 aliphatic carbocycles. The molecule has 26 heavy (non-hydrogen) atoms. The van der Waals surface area contributed by atoms with Gasteiger partial charge in [-0.3, -0.25) is 4.98 Å². The van der Waals surface area contributed by atoms with E-state index in [2.05, 4.69) is 65.0 Å². The highest BCUT2D eigenvalue weighted by Gasteiger charge is 2.17. The minimum atomic E-state index is 0.310. The molecular formula is C21H27N5. The number of nitrogens with one attached hydrogen (secondary N) is 1. The van der Waals surface area contributed by atoms with Crippen LogP contribution >= 0.6 is 0 Å². The number of hydrogen-bond donors (Lipinski definition) is 2. The number of anilines is 1. The zero-order valence-corrected chi connectivity index (χ0v) is 15.8. The van der Waals surface area contributed by atoms with E-state index in [0.29, 0.717) is 11.2 Å². The number of H-pyrrole nitrogens is 1. The Bertz CT molecular complexity index is 832. The van der Waals surface area contributed by atoms with Gasteiger partial charge in [0.25, 0.3) is 0 Å². The summed E-state index contributed by atoms with van der Waals surface area (Å²) in [4.78, 5) is 16.4. The number of aromatic amines is 1. The van der Waals surface area contributed by atoms with Gasteiger partial charge in [-0.1, -0.05) is 51.5 Å². The molecule has 0 unspecified atom stereocenters. The van der Waals surface area contributed by atoms with E-state index < -0.39 is 0 Å². The standard InChI is InChI=1S/C21H27N5/c1-4-21(2,3)11-17-12-25-20(26-17)10-7-15-5-8-16(9-6-15)18-13-24-19(22)14-23-18/h5-6,8-9,12-14H,4,7,10-11H2,1-3H3,(H2,22,24)(H,25,26).